The van der Waals surface area contributed by atoms with Crippen molar-refractivity contribution in [1.82, 2.24) is 0 Å². The summed E-state index contributed by atoms with van der Waals surface area (Å²) < 4.78 is 7.43. The molecule has 0 amide bonds. The third kappa shape index (κ3) is 2.48. The Morgan fingerprint density at radius 3 is 2.67 bits per heavy atom. The van der Waals surface area contributed by atoms with Crippen LogP contribution in [0.3, 0.4) is 0 Å². The molecule has 15 heavy (non-hydrogen) atoms. The summed E-state index contributed by atoms with van der Waals surface area (Å²) in [4.78, 5) is 0. The van der Waals surface area contributed by atoms with Crippen LogP contribution in [-0.4, -0.2) is 18.9 Å². The molecule has 2 nitrogen and oxygen atoms in total. The summed E-state index contributed by atoms with van der Waals surface area (Å²) in [6, 6.07) is 8.19. The Balaban J connectivity index is 2.12. The lowest BCUT2D eigenvalue weighted by Gasteiger charge is -2.27. The fourth-order valence-electron chi connectivity index (χ4n) is 1.54. The van der Waals surface area contributed by atoms with Crippen molar-refractivity contribution in [3.05, 3.63) is 36.4 Å². The monoisotopic (exact) mass is 221 g/mol. The number of ether oxygens (including phenoxy) is 1. The molecular weight excluding hydrogens is 206 g/mol. The fraction of sp³-hybridized carbons (Fsp3) is 0.333. The van der Waals surface area contributed by atoms with Crippen molar-refractivity contribution < 1.29 is 4.74 Å². The number of nitrogens with zero attached hydrogens (tertiary/aromatic N) is 1. The molecule has 0 radical (unpaired) electrons. The fourth-order valence-corrected chi connectivity index (χ4v) is 2.54. The summed E-state index contributed by atoms with van der Waals surface area (Å²) >= 11 is 1.86. The van der Waals surface area contributed by atoms with Crippen LogP contribution in [-0.2, 0) is 0 Å². The molecule has 1 unspecified atom stereocenters. The zero-order valence-electron chi connectivity index (χ0n) is 9.01. The van der Waals surface area contributed by atoms with E-state index < -0.39 is 0 Å². The molecule has 1 atom stereocenters. The molecule has 0 saturated carbocycles. The third-order valence-corrected chi connectivity index (χ3v) is 3.44. The maximum absolute atomic E-state index is 5.14. The van der Waals surface area contributed by atoms with Gasteiger partial charge in [-0.05, 0) is 43.1 Å². The van der Waals surface area contributed by atoms with Gasteiger partial charge < -0.3 is 9.04 Å². The summed E-state index contributed by atoms with van der Waals surface area (Å²) in [7, 11) is 1.69. The zero-order valence-corrected chi connectivity index (χ0v) is 9.83. The van der Waals surface area contributed by atoms with E-state index in [1.54, 1.807) is 7.11 Å². The Morgan fingerprint density at radius 1 is 1.33 bits per heavy atom. The van der Waals surface area contributed by atoms with Gasteiger partial charge in [0.1, 0.15) is 5.75 Å². The number of hydrogen-bond donors (Lipinski definition) is 0. The molecule has 1 heterocycles. The highest BCUT2D eigenvalue weighted by Gasteiger charge is 2.12. The minimum atomic E-state index is 0.556. The van der Waals surface area contributed by atoms with Gasteiger partial charge in [-0.3, -0.25) is 0 Å². The summed E-state index contributed by atoms with van der Waals surface area (Å²) in [6.07, 6.45) is 4.45. The lowest BCUT2D eigenvalue weighted by atomic mass is 10.3. The van der Waals surface area contributed by atoms with Crippen LogP contribution in [0.15, 0.2) is 36.4 Å². The zero-order chi connectivity index (χ0) is 10.7. The molecule has 0 bridgehead atoms. The van der Waals surface area contributed by atoms with Crippen LogP contribution in [0, 0.1) is 0 Å². The van der Waals surface area contributed by atoms with Gasteiger partial charge in [0, 0.05) is 17.5 Å². The average molecular weight is 221 g/mol. The highest BCUT2D eigenvalue weighted by atomic mass is 32.2. The Morgan fingerprint density at radius 2 is 2.07 bits per heavy atom. The lowest BCUT2D eigenvalue weighted by Crippen LogP contribution is -2.21. The summed E-state index contributed by atoms with van der Waals surface area (Å²) in [6.45, 7) is 3.18. The van der Waals surface area contributed by atoms with Gasteiger partial charge in [-0.25, -0.2) is 0 Å². The summed E-state index contributed by atoms with van der Waals surface area (Å²) in [5.74, 6) is 0.907. The number of rotatable bonds is 2. The van der Waals surface area contributed by atoms with Gasteiger partial charge in [0.2, 0.25) is 0 Å². The molecule has 1 aromatic carbocycles. The van der Waals surface area contributed by atoms with Crippen LogP contribution < -0.4 is 9.04 Å². The van der Waals surface area contributed by atoms with E-state index in [4.69, 9.17) is 4.74 Å². The van der Waals surface area contributed by atoms with Crippen molar-refractivity contribution in [1.29, 1.82) is 0 Å². The Bertz CT molecular complexity index is 347. The molecule has 0 saturated heterocycles. The number of benzene rings is 1. The molecule has 1 aliphatic heterocycles. The smallest absolute Gasteiger partial charge is 0.119 e. The Hall–Kier alpha value is -1.09. The predicted octanol–water partition coefficient (Wildman–Crippen LogP) is 3.11. The molecule has 0 N–H and O–H groups in total. The van der Waals surface area contributed by atoms with E-state index in [-0.39, 0.29) is 0 Å². The van der Waals surface area contributed by atoms with Crippen molar-refractivity contribution >= 4 is 17.6 Å². The lowest BCUT2D eigenvalue weighted by molar-refractivity contribution is 0.415. The Labute approximate surface area is 95.1 Å². The van der Waals surface area contributed by atoms with Crippen molar-refractivity contribution in [2.24, 2.45) is 0 Å². The van der Waals surface area contributed by atoms with E-state index >= 15 is 0 Å². The highest BCUT2D eigenvalue weighted by Crippen LogP contribution is 2.30. The first-order valence-electron chi connectivity index (χ1n) is 5.04. The molecule has 0 aliphatic carbocycles. The normalized spacial score (nSPS) is 20.4. The van der Waals surface area contributed by atoms with Crippen LogP contribution in [0.2, 0.25) is 0 Å². The van der Waals surface area contributed by atoms with Crippen LogP contribution in [0.1, 0.15) is 6.92 Å². The summed E-state index contributed by atoms with van der Waals surface area (Å²) in [5.41, 5.74) is 1.23. The van der Waals surface area contributed by atoms with Crippen molar-refractivity contribution in [3.8, 4) is 5.75 Å². The van der Waals surface area contributed by atoms with E-state index in [9.17, 15) is 0 Å². The molecule has 80 valence electrons. The molecule has 0 spiro atoms. The number of methoxy groups -OCH3 is 1. The van der Waals surface area contributed by atoms with Crippen molar-refractivity contribution in [3.63, 3.8) is 0 Å². The topological polar surface area (TPSA) is 12.5 Å². The first kappa shape index (κ1) is 10.4. The summed E-state index contributed by atoms with van der Waals surface area (Å²) in [5, 5.41) is 0.556. The molecule has 0 aromatic heterocycles. The van der Waals surface area contributed by atoms with Crippen molar-refractivity contribution in [2.75, 3.05) is 18.0 Å². The first-order valence-corrected chi connectivity index (χ1v) is 5.88. The largest absolute Gasteiger partial charge is 0.497 e. The number of anilines is 1. The van der Waals surface area contributed by atoms with Gasteiger partial charge in [0.05, 0.1) is 7.11 Å². The predicted molar refractivity (Wildman–Crippen MR) is 66.5 cm³/mol. The molecule has 0 fully saturated rings. The van der Waals surface area contributed by atoms with Crippen LogP contribution in [0.4, 0.5) is 5.69 Å². The maximum atomic E-state index is 5.14. The van der Waals surface area contributed by atoms with E-state index in [2.05, 4.69) is 35.5 Å². The Kier molecular flexibility index (Phi) is 3.21. The van der Waals surface area contributed by atoms with Crippen molar-refractivity contribution in [2.45, 2.75) is 12.2 Å². The quantitative estimate of drug-likeness (QED) is 0.562. The highest BCUT2D eigenvalue weighted by molar-refractivity contribution is 8.01. The molecule has 3 heteroatoms. The van der Waals surface area contributed by atoms with Gasteiger partial charge in [-0.2, -0.15) is 0 Å². The standard InChI is InChI=1S/C12H15NOS/c1-10-4-3-9-13(15-10)11-5-7-12(14-2)8-6-11/h3-8,10H,9H2,1-2H3. The van der Waals surface area contributed by atoms with Crippen LogP contribution >= 0.6 is 11.9 Å². The minimum absolute atomic E-state index is 0.556. The maximum Gasteiger partial charge on any atom is 0.119 e. The second kappa shape index (κ2) is 4.62. The average Bonchev–Trinajstić information content (AvgIpc) is 2.29. The second-order valence-corrected chi connectivity index (χ2v) is 4.89. The minimum Gasteiger partial charge on any atom is -0.497 e. The SMILES string of the molecule is COc1ccc(N2CC=CC(C)S2)cc1. The van der Waals surface area contributed by atoms with Crippen LogP contribution in [0.5, 0.6) is 5.75 Å². The molecule has 1 aromatic rings. The van der Waals surface area contributed by atoms with Crippen LogP contribution in [0.25, 0.3) is 0 Å². The molecule has 1 aliphatic rings. The van der Waals surface area contributed by atoms with E-state index in [1.165, 1.54) is 5.69 Å². The second-order valence-electron chi connectivity index (χ2n) is 3.50. The van der Waals surface area contributed by atoms with Gasteiger partial charge in [0.15, 0.2) is 0 Å². The van der Waals surface area contributed by atoms with Gasteiger partial charge in [-0.1, -0.05) is 12.2 Å². The molecule has 2 rings (SSSR count). The third-order valence-electron chi connectivity index (χ3n) is 2.33. The van der Waals surface area contributed by atoms with Gasteiger partial charge in [-0.15, -0.1) is 0 Å². The first-order chi connectivity index (χ1) is 7.29. The molecular formula is C12H15NOS. The van der Waals surface area contributed by atoms with E-state index in [1.807, 2.05) is 24.1 Å². The van der Waals surface area contributed by atoms with Gasteiger partial charge in [0.25, 0.3) is 0 Å². The van der Waals surface area contributed by atoms with E-state index in [0.29, 0.717) is 5.25 Å². The van der Waals surface area contributed by atoms with Gasteiger partial charge >= 0.3 is 0 Å². The van der Waals surface area contributed by atoms with E-state index in [0.717, 1.165) is 12.3 Å². The number of hydrogen-bond acceptors (Lipinski definition) is 3.